The van der Waals surface area contributed by atoms with Gasteiger partial charge in [0.15, 0.2) is 0 Å². The van der Waals surface area contributed by atoms with Gasteiger partial charge in [-0.3, -0.25) is 4.79 Å². The summed E-state index contributed by atoms with van der Waals surface area (Å²) in [5, 5.41) is 2.68. The predicted octanol–water partition coefficient (Wildman–Crippen LogP) is 3.83. The molecule has 3 heterocycles. The molecule has 0 spiro atoms. The summed E-state index contributed by atoms with van der Waals surface area (Å²) in [5.74, 6) is 0.360. The Bertz CT molecular complexity index is 903. The summed E-state index contributed by atoms with van der Waals surface area (Å²) < 4.78 is 13.4. The summed E-state index contributed by atoms with van der Waals surface area (Å²) in [6.07, 6.45) is 2.85. The van der Waals surface area contributed by atoms with E-state index in [1.54, 1.807) is 11.4 Å². The molecule has 0 bridgehead atoms. The van der Waals surface area contributed by atoms with Crippen LogP contribution in [0.15, 0.2) is 23.6 Å². The Hall–Kier alpha value is -2.28. The van der Waals surface area contributed by atoms with Gasteiger partial charge >= 0.3 is 0 Å². The molecule has 5 nitrogen and oxygen atoms in total. The van der Waals surface area contributed by atoms with Gasteiger partial charge < -0.3 is 9.88 Å². The molecule has 1 aliphatic rings. The zero-order valence-corrected chi connectivity index (χ0v) is 14.1. The summed E-state index contributed by atoms with van der Waals surface area (Å²) in [6, 6.07) is 4.37. The third-order valence-corrected chi connectivity index (χ3v) is 5.15. The fourth-order valence-corrected chi connectivity index (χ4v) is 3.81. The van der Waals surface area contributed by atoms with E-state index in [0.717, 1.165) is 30.1 Å². The number of thiazole rings is 1. The highest BCUT2D eigenvalue weighted by Crippen LogP contribution is 2.32. The molecule has 1 atom stereocenters. The summed E-state index contributed by atoms with van der Waals surface area (Å²) in [6.45, 7) is 2.58. The van der Waals surface area contributed by atoms with Crippen molar-refractivity contribution in [1.29, 1.82) is 0 Å². The van der Waals surface area contributed by atoms with Gasteiger partial charge in [0, 0.05) is 11.9 Å². The number of rotatable bonds is 2. The van der Waals surface area contributed by atoms with Gasteiger partial charge in [-0.2, -0.15) is 0 Å². The number of hydrogen-bond acceptors (Lipinski definition) is 4. The Balaban J connectivity index is 1.69. The number of likely N-dealkylation sites (tertiary alicyclic amines) is 1. The number of H-pyrrole nitrogens is 1. The molecule has 24 heavy (non-hydrogen) atoms. The monoisotopic (exact) mass is 344 g/mol. The van der Waals surface area contributed by atoms with E-state index in [2.05, 4.69) is 15.0 Å². The Morgan fingerprint density at radius 1 is 1.38 bits per heavy atom. The number of nitrogens with zero attached hydrogens (tertiary/aromatic N) is 3. The SMILES string of the molecule is Cc1nc(C(=O)N2CCCC[C@H]2c2nc3ccc(F)cc3[nH]2)cs1. The minimum atomic E-state index is -0.299. The predicted molar refractivity (Wildman–Crippen MR) is 90.5 cm³/mol. The van der Waals surface area contributed by atoms with Crippen molar-refractivity contribution < 1.29 is 9.18 Å². The molecule has 0 saturated carbocycles. The number of benzene rings is 1. The Morgan fingerprint density at radius 2 is 2.25 bits per heavy atom. The van der Waals surface area contributed by atoms with E-state index in [1.165, 1.54) is 23.5 Å². The van der Waals surface area contributed by atoms with Crippen molar-refractivity contribution >= 4 is 28.3 Å². The Morgan fingerprint density at radius 3 is 3.04 bits per heavy atom. The lowest BCUT2D eigenvalue weighted by Gasteiger charge is -2.34. The van der Waals surface area contributed by atoms with Crippen LogP contribution in [0, 0.1) is 12.7 Å². The first-order valence-electron chi connectivity index (χ1n) is 8.00. The van der Waals surface area contributed by atoms with Crippen molar-refractivity contribution in [2.45, 2.75) is 32.2 Å². The first-order valence-corrected chi connectivity index (χ1v) is 8.88. The van der Waals surface area contributed by atoms with Crippen LogP contribution in [0.3, 0.4) is 0 Å². The molecular weight excluding hydrogens is 327 g/mol. The summed E-state index contributed by atoms with van der Waals surface area (Å²) in [7, 11) is 0. The fraction of sp³-hybridized carbons (Fsp3) is 0.353. The fourth-order valence-electron chi connectivity index (χ4n) is 3.23. The summed E-state index contributed by atoms with van der Waals surface area (Å²) >= 11 is 1.48. The minimum absolute atomic E-state index is 0.0595. The van der Waals surface area contributed by atoms with E-state index in [4.69, 9.17) is 0 Å². The number of piperidine rings is 1. The number of aromatic nitrogens is 3. The first kappa shape index (κ1) is 15.3. The lowest BCUT2D eigenvalue weighted by atomic mass is 10.0. The number of carbonyl (C=O) groups excluding carboxylic acids is 1. The van der Waals surface area contributed by atoms with Crippen LogP contribution >= 0.6 is 11.3 Å². The van der Waals surface area contributed by atoms with E-state index in [-0.39, 0.29) is 17.8 Å². The molecule has 1 fully saturated rings. The first-order chi connectivity index (χ1) is 11.6. The number of aryl methyl sites for hydroxylation is 1. The maximum Gasteiger partial charge on any atom is 0.273 e. The zero-order chi connectivity index (χ0) is 16.7. The second-order valence-corrected chi connectivity index (χ2v) is 7.11. The van der Waals surface area contributed by atoms with Crippen LogP contribution in [0.1, 0.15) is 46.6 Å². The lowest BCUT2D eigenvalue weighted by molar-refractivity contribution is 0.0596. The molecular formula is C17H17FN4OS. The number of halogens is 1. The van der Waals surface area contributed by atoms with E-state index >= 15 is 0 Å². The molecule has 3 aromatic rings. The van der Waals surface area contributed by atoms with E-state index in [0.29, 0.717) is 23.3 Å². The van der Waals surface area contributed by atoms with Crippen molar-refractivity contribution in [3.05, 3.63) is 45.9 Å². The van der Waals surface area contributed by atoms with Crippen molar-refractivity contribution in [3.63, 3.8) is 0 Å². The highest BCUT2D eigenvalue weighted by molar-refractivity contribution is 7.09. The molecule has 1 aromatic carbocycles. The zero-order valence-electron chi connectivity index (χ0n) is 13.3. The molecule has 1 amide bonds. The normalized spacial score (nSPS) is 18.2. The van der Waals surface area contributed by atoms with E-state index in [9.17, 15) is 9.18 Å². The van der Waals surface area contributed by atoms with Gasteiger partial charge in [-0.05, 0) is 44.4 Å². The molecule has 1 aliphatic heterocycles. The van der Waals surface area contributed by atoms with Gasteiger partial charge in [0.25, 0.3) is 5.91 Å². The van der Waals surface area contributed by atoms with E-state index in [1.807, 2.05) is 11.8 Å². The third kappa shape index (κ3) is 2.69. The second-order valence-electron chi connectivity index (χ2n) is 6.05. The quantitative estimate of drug-likeness (QED) is 0.768. The average molecular weight is 344 g/mol. The van der Waals surface area contributed by atoms with Gasteiger partial charge in [-0.25, -0.2) is 14.4 Å². The Kier molecular flexibility index (Phi) is 3.80. The summed E-state index contributed by atoms with van der Waals surface area (Å²) in [5.41, 5.74) is 1.87. The molecule has 0 aliphatic carbocycles. The van der Waals surface area contributed by atoms with Gasteiger partial charge in [-0.15, -0.1) is 11.3 Å². The number of hydrogen-bond donors (Lipinski definition) is 1. The smallest absolute Gasteiger partial charge is 0.273 e. The molecule has 4 rings (SSSR count). The molecule has 0 unspecified atom stereocenters. The minimum Gasteiger partial charge on any atom is -0.340 e. The molecule has 2 aromatic heterocycles. The third-order valence-electron chi connectivity index (χ3n) is 4.38. The second kappa shape index (κ2) is 5.98. The number of fused-ring (bicyclic) bond motifs is 1. The molecule has 124 valence electrons. The van der Waals surface area contributed by atoms with Crippen molar-refractivity contribution in [2.75, 3.05) is 6.54 Å². The standard InChI is InChI=1S/C17H17FN4OS/c1-10-19-14(9-24-10)17(23)22-7-3-2-4-15(22)16-20-12-6-5-11(18)8-13(12)21-16/h5-6,8-9,15H,2-4,7H2,1H3,(H,20,21)/t15-/m0/s1. The van der Waals surface area contributed by atoms with Crippen LogP contribution < -0.4 is 0 Å². The summed E-state index contributed by atoms with van der Waals surface area (Å²) in [4.78, 5) is 26.7. The van der Waals surface area contributed by atoms with Crippen LogP contribution in [-0.2, 0) is 0 Å². The van der Waals surface area contributed by atoms with Gasteiger partial charge in [0.1, 0.15) is 17.3 Å². The maximum absolute atomic E-state index is 13.4. The number of amides is 1. The average Bonchev–Trinajstić information content (AvgIpc) is 3.20. The molecule has 7 heteroatoms. The molecule has 0 radical (unpaired) electrons. The van der Waals surface area contributed by atoms with Crippen molar-refractivity contribution in [2.24, 2.45) is 0 Å². The highest BCUT2D eigenvalue weighted by atomic mass is 32.1. The Labute approximate surface area is 142 Å². The largest absolute Gasteiger partial charge is 0.340 e. The topological polar surface area (TPSA) is 61.9 Å². The maximum atomic E-state index is 13.4. The van der Waals surface area contributed by atoms with E-state index < -0.39 is 0 Å². The van der Waals surface area contributed by atoms with Crippen LogP contribution in [-0.4, -0.2) is 32.3 Å². The van der Waals surface area contributed by atoms with Gasteiger partial charge in [0.2, 0.25) is 0 Å². The van der Waals surface area contributed by atoms with Gasteiger partial charge in [0.05, 0.1) is 22.1 Å². The molecule has 1 N–H and O–H groups in total. The molecule has 1 saturated heterocycles. The van der Waals surface area contributed by atoms with Crippen molar-refractivity contribution in [1.82, 2.24) is 19.9 Å². The lowest BCUT2D eigenvalue weighted by Crippen LogP contribution is -2.39. The van der Waals surface area contributed by atoms with Crippen LogP contribution in [0.2, 0.25) is 0 Å². The highest BCUT2D eigenvalue weighted by Gasteiger charge is 2.31. The number of carbonyl (C=O) groups is 1. The van der Waals surface area contributed by atoms with Crippen LogP contribution in [0.5, 0.6) is 0 Å². The number of nitrogens with one attached hydrogen (secondary N) is 1. The van der Waals surface area contributed by atoms with Crippen LogP contribution in [0.25, 0.3) is 11.0 Å². The van der Waals surface area contributed by atoms with Crippen LogP contribution in [0.4, 0.5) is 4.39 Å². The number of imidazole rings is 1. The number of aromatic amines is 1. The van der Waals surface area contributed by atoms with Crippen molar-refractivity contribution in [3.8, 4) is 0 Å². The van der Waals surface area contributed by atoms with Gasteiger partial charge in [-0.1, -0.05) is 0 Å².